The van der Waals surface area contributed by atoms with Crippen LogP contribution in [0.15, 0.2) is 12.7 Å². The molecular weight excluding hydrogens is 257 g/mol. The summed E-state index contributed by atoms with van der Waals surface area (Å²) in [4.78, 5) is 0. The Kier molecular flexibility index (Phi) is 16.2. The van der Waals surface area contributed by atoms with Gasteiger partial charge in [0.1, 0.15) is 0 Å². The van der Waals surface area contributed by atoms with Crippen molar-refractivity contribution >= 4 is 26.2 Å². The van der Waals surface area contributed by atoms with Crippen LogP contribution >= 0.6 is 0 Å². The van der Waals surface area contributed by atoms with Crippen molar-refractivity contribution in [2.75, 3.05) is 0 Å². The van der Waals surface area contributed by atoms with Gasteiger partial charge in [0.2, 0.25) is 0 Å². The molecule has 0 saturated carbocycles. The fourth-order valence-corrected chi connectivity index (χ4v) is 0. The molecule has 0 rings (SSSR count). The molecule has 0 aliphatic carbocycles. The molecule has 0 bridgehead atoms. The second kappa shape index (κ2) is 8.82. The van der Waals surface area contributed by atoms with Crippen LogP contribution in [-0.4, -0.2) is 26.2 Å². The molecule has 0 aliphatic rings. The summed E-state index contributed by atoms with van der Waals surface area (Å²) in [5.74, 6) is 0. The standard InChI is InChI=1S/C4H8.Bi/c1-3-4-2;/h3H,1,4H2,2H3;. The molecule has 0 aromatic heterocycles. The van der Waals surface area contributed by atoms with Crippen molar-refractivity contribution in [1.82, 2.24) is 0 Å². The molecule has 0 fully saturated rings. The van der Waals surface area contributed by atoms with Gasteiger partial charge in [0.25, 0.3) is 0 Å². The van der Waals surface area contributed by atoms with Crippen molar-refractivity contribution in [3.63, 3.8) is 0 Å². The molecule has 1 heteroatoms. The van der Waals surface area contributed by atoms with Gasteiger partial charge in [0.15, 0.2) is 0 Å². The van der Waals surface area contributed by atoms with Crippen LogP contribution in [0.1, 0.15) is 13.3 Å². The van der Waals surface area contributed by atoms with Gasteiger partial charge in [-0.3, -0.25) is 0 Å². The minimum atomic E-state index is 0. The molecule has 0 aliphatic heterocycles. The first kappa shape index (κ1) is 9.16. The fourth-order valence-electron chi connectivity index (χ4n) is 0. The third-order valence-electron chi connectivity index (χ3n) is 0.289. The van der Waals surface area contributed by atoms with E-state index in [2.05, 4.69) is 13.5 Å². The first-order chi connectivity index (χ1) is 1.91. The average Bonchev–Trinajstić information content (AvgIpc) is 1.37. The van der Waals surface area contributed by atoms with E-state index >= 15 is 0 Å². The Morgan fingerprint density at radius 3 is 2.00 bits per heavy atom. The van der Waals surface area contributed by atoms with Crippen LogP contribution in [0.2, 0.25) is 0 Å². The molecule has 0 spiro atoms. The molecule has 0 atom stereocenters. The Hall–Kier alpha value is 0.623. The predicted octanol–water partition coefficient (Wildman–Crippen LogP) is 1.20. The van der Waals surface area contributed by atoms with Crippen molar-refractivity contribution in [3.8, 4) is 0 Å². The summed E-state index contributed by atoms with van der Waals surface area (Å²) in [5.41, 5.74) is 0. The minimum absolute atomic E-state index is 0. The second-order valence-electron chi connectivity index (χ2n) is 0.697. The molecule has 0 unspecified atom stereocenters. The number of allylic oxidation sites excluding steroid dienone is 1. The number of rotatable bonds is 1. The van der Waals surface area contributed by atoms with Gasteiger partial charge >= 0.3 is 0 Å². The largest absolute Gasteiger partial charge is 0.103 e. The smallest absolute Gasteiger partial charge is 0 e. The summed E-state index contributed by atoms with van der Waals surface area (Å²) >= 11 is 0. The Morgan fingerprint density at radius 1 is 1.80 bits per heavy atom. The number of hydrogen-bond acceptors (Lipinski definition) is 0. The van der Waals surface area contributed by atoms with Crippen molar-refractivity contribution < 1.29 is 0 Å². The SMILES string of the molecule is C=CCC.[Bi]. The Morgan fingerprint density at radius 2 is 2.00 bits per heavy atom. The molecule has 0 aromatic carbocycles. The quantitative estimate of drug-likeness (QED) is 0.493. The van der Waals surface area contributed by atoms with E-state index in [-0.39, 0.29) is 26.2 Å². The first-order valence-corrected chi connectivity index (χ1v) is 1.52. The van der Waals surface area contributed by atoms with Gasteiger partial charge in [-0.1, -0.05) is 13.0 Å². The molecule has 3 radical (unpaired) electrons. The summed E-state index contributed by atoms with van der Waals surface area (Å²) < 4.78 is 0. The topological polar surface area (TPSA) is 0 Å². The summed E-state index contributed by atoms with van der Waals surface area (Å²) in [6.07, 6.45) is 2.96. The van der Waals surface area contributed by atoms with E-state index in [0.717, 1.165) is 6.42 Å². The van der Waals surface area contributed by atoms with Crippen LogP contribution in [0.3, 0.4) is 0 Å². The molecule has 0 nitrogen and oxygen atoms in total. The van der Waals surface area contributed by atoms with E-state index < -0.39 is 0 Å². The summed E-state index contributed by atoms with van der Waals surface area (Å²) in [5, 5.41) is 0. The zero-order valence-corrected chi connectivity index (χ0v) is 6.92. The van der Waals surface area contributed by atoms with Crippen molar-refractivity contribution in [3.05, 3.63) is 12.7 Å². The van der Waals surface area contributed by atoms with Gasteiger partial charge in [-0.05, 0) is 6.42 Å². The number of hydrogen-bond donors (Lipinski definition) is 0. The maximum atomic E-state index is 3.48. The molecule has 0 saturated heterocycles. The first-order valence-electron chi connectivity index (χ1n) is 1.52. The summed E-state index contributed by atoms with van der Waals surface area (Å²) in [6.45, 7) is 5.54. The van der Waals surface area contributed by atoms with Crippen molar-refractivity contribution in [2.24, 2.45) is 0 Å². The van der Waals surface area contributed by atoms with E-state index in [1.165, 1.54) is 0 Å². The van der Waals surface area contributed by atoms with Gasteiger partial charge in [0, 0.05) is 26.2 Å². The van der Waals surface area contributed by atoms with Crippen LogP contribution in [0.4, 0.5) is 0 Å². The van der Waals surface area contributed by atoms with Crippen molar-refractivity contribution in [2.45, 2.75) is 13.3 Å². The van der Waals surface area contributed by atoms with Gasteiger partial charge < -0.3 is 0 Å². The monoisotopic (exact) mass is 265 g/mol. The fraction of sp³-hybridized carbons (Fsp3) is 0.500. The van der Waals surface area contributed by atoms with Crippen LogP contribution in [0.5, 0.6) is 0 Å². The van der Waals surface area contributed by atoms with E-state index in [0.29, 0.717) is 0 Å². The maximum absolute atomic E-state index is 3.48. The summed E-state index contributed by atoms with van der Waals surface area (Å²) in [6, 6.07) is 0. The zero-order chi connectivity index (χ0) is 3.41. The molecule has 0 N–H and O–H groups in total. The van der Waals surface area contributed by atoms with E-state index in [4.69, 9.17) is 0 Å². The molecule has 29 valence electrons. The van der Waals surface area contributed by atoms with Gasteiger partial charge in [0.05, 0.1) is 0 Å². The van der Waals surface area contributed by atoms with Gasteiger partial charge in [-0.25, -0.2) is 0 Å². The van der Waals surface area contributed by atoms with E-state index in [9.17, 15) is 0 Å². The van der Waals surface area contributed by atoms with Crippen LogP contribution in [0.25, 0.3) is 0 Å². The zero-order valence-electron chi connectivity index (χ0n) is 3.44. The average molecular weight is 265 g/mol. The Labute approximate surface area is 52.4 Å². The van der Waals surface area contributed by atoms with Gasteiger partial charge in [-0.15, -0.1) is 6.58 Å². The second-order valence-corrected chi connectivity index (χ2v) is 0.697. The molecule has 0 amide bonds. The predicted molar refractivity (Wildman–Crippen MR) is 26.2 cm³/mol. The van der Waals surface area contributed by atoms with E-state index in [1.54, 1.807) is 0 Å². The Bertz CT molecular complexity index is 17.6. The van der Waals surface area contributed by atoms with Crippen LogP contribution < -0.4 is 0 Å². The maximum Gasteiger partial charge on any atom is 0 e. The molecule has 0 heterocycles. The third kappa shape index (κ3) is 12.1. The van der Waals surface area contributed by atoms with Crippen LogP contribution in [-0.2, 0) is 0 Å². The molecular formula is C4H8Bi. The van der Waals surface area contributed by atoms with Crippen LogP contribution in [0, 0.1) is 0 Å². The third-order valence-corrected chi connectivity index (χ3v) is 0.289. The summed E-state index contributed by atoms with van der Waals surface area (Å²) in [7, 11) is 0. The molecule has 5 heavy (non-hydrogen) atoms. The van der Waals surface area contributed by atoms with Crippen molar-refractivity contribution in [1.29, 1.82) is 0 Å². The van der Waals surface area contributed by atoms with Gasteiger partial charge in [-0.2, -0.15) is 0 Å². The minimum Gasteiger partial charge on any atom is -0.103 e. The Balaban J connectivity index is 0. The normalized spacial score (nSPS) is 5.00. The molecule has 0 aromatic rings. The van der Waals surface area contributed by atoms with E-state index in [1.807, 2.05) is 6.08 Å².